The van der Waals surface area contributed by atoms with Gasteiger partial charge in [-0.2, -0.15) is 11.3 Å². The third-order valence-electron chi connectivity index (χ3n) is 4.83. The Balaban J connectivity index is 1.65. The summed E-state index contributed by atoms with van der Waals surface area (Å²) in [6, 6.07) is 8.21. The molecule has 2 amide bonds. The summed E-state index contributed by atoms with van der Waals surface area (Å²) in [6.45, 7) is 2.77. The molecule has 3 rings (SSSR count). The second-order valence-electron chi connectivity index (χ2n) is 6.87. The molecule has 1 aromatic carbocycles. The lowest BCUT2D eigenvalue weighted by atomic mass is 10.0. The third kappa shape index (κ3) is 4.62. The lowest BCUT2D eigenvalue weighted by molar-refractivity contribution is 0.0694. The Labute approximate surface area is 169 Å². The van der Waals surface area contributed by atoms with Gasteiger partial charge in [0.1, 0.15) is 0 Å². The first-order valence-corrected chi connectivity index (χ1v) is 12.0. The Morgan fingerprint density at radius 1 is 1.18 bits per heavy atom. The number of benzene rings is 1. The van der Waals surface area contributed by atoms with Gasteiger partial charge in [0, 0.05) is 30.1 Å². The van der Waals surface area contributed by atoms with E-state index in [2.05, 4.69) is 5.32 Å². The van der Waals surface area contributed by atoms with Gasteiger partial charge in [-0.1, -0.05) is 19.1 Å². The van der Waals surface area contributed by atoms with Crippen molar-refractivity contribution in [3.05, 3.63) is 52.2 Å². The van der Waals surface area contributed by atoms with Crippen LogP contribution in [0.25, 0.3) is 0 Å². The molecule has 28 heavy (non-hydrogen) atoms. The van der Waals surface area contributed by atoms with Gasteiger partial charge < -0.3 is 10.2 Å². The van der Waals surface area contributed by atoms with Crippen molar-refractivity contribution in [2.75, 3.05) is 18.8 Å². The van der Waals surface area contributed by atoms with Crippen LogP contribution >= 0.6 is 11.3 Å². The van der Waals surface area contributed by atoms with Crippen molar-refractivity contribution < 1.29 is 18.0 Å². The second kappa shape index (κ2) is 8.87. The molecule has 0 saturated carbocycles. The molecule has 8 heteroatoms. The maximum Gasteiger partial charge on any atom is 0.255 e. The summed E-state index contributed by atoms with van der Waals surface area (Å²) in [5.74, 6) is -0.339. The highest BCUT2D eigenvalue weighted by Gasteiger charge is 2.28. The summed E-state index contributed by atoms with van der Waals surface area (Å²) >= 11 is 1.48. The molecule has 0 bridgehead atoms. The normalized spacial score (nSPS) is 15.4. The number of likely N-dealkylation sites (tertiary alicyclic amines) is 1. The van der Waals surface area contributed by atoms with E-state index in [1.165, 1.54) is 17.4 Å². The number of nitrogens with one attached hydrogen (secondary N) is 1. The van der Waals surface area contributed by atoms with Crippen LogP contribution in [0.15, 0.2) is 46.0 Å². The van der Waals surface area contributed by atoms with Gasteiger partial charge in [0.2, 0.25) is 0 Å². The molecular weight excluding hydrogens is 396 g/mol. The van der Waals surface area contributed by atoms with E-state index in [-0.39, 0.29) is 34.1 Å². The molecule has 0 atom stereocenters. The molecule has 1 fully saturated rings. The van der Waals surface area contributed by atoms with Gasteiger partial charge >= 0.3 is 0 Å². The van der Waals surface area contributed by atoms with E-state index >= 15 is 0 Å². The predicted octanol–water partition coefficient (Wildman–Crippen LogP) is 2.97. The Morgan fingerprint density at radius 2 is 1.89 bits per heavy atom. The van der Waals surface area contributed by atoms with E-state index in [0.29, 0.717) is 37.9 Å². The molecule has 6 nitrogen and oxygen atoms in total. The lowest BCUT2D eigenvalue weighted by Gasteiger charge is -2.32. The fraction of sp³-hybridized carbons (Fsp3) is 0.400. The van der Waals surface area contributed by atoms with Gasteiger partial charge in [-0.05, 0) is 42.8 Å². The number of hydrogen-bond acceptors (Lipinski definition) is 5. The number of nitrogens with zero attached hydrogens (tertiary/aromatic N) is 1. The molecular formula is C20H24N2O4S2. The molecule has 1 aromatic heterocycles. The molecule has 1 aliphatic rings. The molecule has 0 radical (unpaired) electrons. The maximum atomic E-state index is 13.0. The largest absolute Gasteiger partial charge is 0.349 e. The van der Waals surface area contributed by atoms with Crippen molar-refractivity contribution >= 4 is 33.0 Å². The predicted molar refractivity (Wildman–Crippen MR) is 109 cm³/mol. The molecule has 2 aromatic rings. The van der Waals surface area contributed by atoms with E-state index in [9.17, 15) is 18.0 Å². The zero-order chi connectivity index (χ0) is 20.1. The van der Waals surface area contributed by atoms with Crippen LogP contribution in [0.5, 0.6) is 0 Å². The summed E-state index contributed by atoms with van der Waals surface area (Å²) in [4.78, 5) is 26.9. The number of piperidine rings is 1. The second-order valence-corrected chi connectivity index (χ2v) is 9.72. The minimum absolute atomic E-state index is 0.00974. The molecule has 1 N–H and O–H groups in total. The fourth-order valence-corrected chi connectivity index (χ4v) is 5.52. The highest BCUT2D eigenvalue weighted by molar-refractivity contribution is 7.91. The van der Waals surface area contributed by atoms with Crippen LogP contribution < -0.4 is 5.32 Å². The van der Waals surface area contributed by atoms with Crippen molar-refractivity contribution in [3.8, 4) is 0 Å². The Kier molecular flexibility index (Phi) is 6.51. The number of carbonyl (C=O) groups excluding carboxylic acids is 2. The van der Waals surface area contributed by atoms with Crippen LogP contribution in [-0.4, -0.2) is 50.0 Å². The van der Waals surface area contributed by atoms with Crippen molar-refractivity contribution in [2.24, 2.45) is 0 Å². The third-order valence-corrected chi connectivity index (χ3v) is 7.48. The molecule has 0 aliphatic carbocycles. The Bertz CT molecular complexity index is 931. The summed E-state index contributed by atoms with van der Waals surface area (Å²) in [5, 5.41) is 6.68. The Morgan fingerprint density at radius 3 is 2.54 bits per heavy atom. The zero-order valence-electron chi connectivity index (χ0n) is 15.8. The molecule has 0 spiro atoms. The van der Waals surface area contributed by atoms with Gasteiger partial charge in [0.15, 0.2) is 9.84 Å². The molecule has 1 aliphatic heterocycles. The van der Waals surface area contributed by atoms with Crippen LogP contribution in [0.3, 0.4) is 0 Å². The molecule has 150 valence electrons. The quantitative estimate of drug-likeness (QED) is 0.779. The smallest absolute Gasteiger partial charge is 0.255 e. The summed E-state index contributed by atoms with van der Waals surface area (Å²) < 4.78 is 25.0. The SMILES string of the molecule is CCCS(=O)(=O)c1ccccc1C(=O)N1CCC(NC(=O)c2ccsc2)CC1. The van der Waals surface area contributed by atoms with Crippen molar-refractivity contribution in [2.45, 2.75) is 37.1 Å². The number of hydrogen-bond donors (Lipinski definition) is 1. The van der Waals surface area contributed by atoms with Gasteiger partial charge in [0.25, 0.3) is 11.8 Å². The lowest BCUT2D eigenvalue weighted by Crippen LogP contribution is -2.46. The molecule has 0 unspecified atom stereocenters. The van der Waals surface area contributed by atoms with Crippen molar-refractivity contribution in [3.63, 3.8) is 0 Å². The standard InChI is InChI=1S/C20H24N2O4S2/c1-2-13-28(25,26)18-6-4-3-5-17(18)20(24)22-10-7-16(8-11-22)21-19(23)15-9-12-27-14-15/h3-6,9,12,14,16H,2,7-8,10-11,13H2,1H3,(H,21,23). The van der Waals surface area contributed by atoms with E-state index in [4.69, 9.17) is 0 Å². The van der Waals surface area contributed by atoms with Crippen molar-refractivity contribution in [1.29, 1.82) is 0 Å². The molecule has 1 saturated heterocycles. The zero-order valence-corrected chi connectivity index (χ0v) is 17.4. The van der Waals surface area contributed by atoms with Gasteiger partial charge in [-0.3, -0.25) is 9.59 Å². The fourth-order valence-electron chi connectivity index (χ4n) is 3.35. The molecule has 2 heterocycles. The van der Waals surface area contributed by atoms with Crippen molar-refractivity contribution in [1.82, 2.24) is 10.2 Å². The number of amides is 2. The van der Waals surface area contributed by atoms with E-state index in [0.717, 1.165) is 0 Å². The highest BCUT2D eigenvalue weighted by Crippen LogP contribution is 2.22. The average molecular weight is 421 g/mol. The van der Waals surface area contributed by atoms with Gasteiger partial charge in [-0.15, -0.1) is 0 Å². The number of thiophene rings is 1. The summed E-state index contributed by atoms with van der Waals surface area (Å²) in [5.41, 5.74) is 0.885. The summed E-state index contributed by atoms with van der Waals surface area (Å²) in [6.07, 6.45) is 1.79. The van der Waals surface area contributed by atoms with Crippen LogP contribution in [0.1, 0.15) is 46.9 Å². The monoisotopic (exact) mass is 420 g/mol. The Hall–Kier alpha value is -2.19. The first-order chi connectivity index (χ1) is 13.4. The van der Waals surface area contributed by atoms with E-state index in [1.807, 2.05) is 10.8 Å². The van der Waals surface area contributed by atoms with Crippen LogP contribution in [0.2, 0.25) is 0 Å². The topological polar surface area (TPSA) is 83.6 Å². The van der Waals surface area contributed by atoms with Gasteiger partial charge in [0.05, 0.1) is 16.2 Å². The minimum atomic E-state index is -3.48. The highest BCUT2D eigenvalue weighted by atomic mass is 32.2. The number of carbonyl (C=O) groups is 2. The maximum absolute atomic E-state index is 13.0. The number of sulfone groups is 1. The first-order valence-electron chi connectivity index (χ1n) is 9.36. The minimum Gasteiger partial charge on any atom is -0.349 e. The van der Waals surface area contributed by atoms with Crippen LogP contribution in [0.4, 0.5) is 0 Å². The van der Waals surface area contributed by atoms with Crippen LogP contribution in [0, 0.1) is 0 Å². The van der Waals surface area contributed by atoms with E-state index < -0.39 is 9.84 Å². The summed E-state index contributed by atoms with van der Waals surface area (Å²) in [7, 11) is -3.48. The first kappa shape index (κ1) is 20.5. The number of rotatable bonds is 6. The van der Waals surface area contributed by atoms with Gasteiger partial charge in [-0.25, -0.2) is 8.42 Å². The van der Waals surface area contributed by atoms with Crippen LogP contribution in [-0.2, 0) is 9.84 Å². The average Bonchev–Trinajstić information content (AvgIpc) is 3.23. The van der Waals surface area contributed by atoms with E-state index in [1.54, 1.807) is 36.1 Å².